The molecule has 30 heavy (non-hydrogen) atoms. The predicted octanol–water partition coefficient (Wildman–Crippen LogP) is 4.54. The van der Waals surface area contributed by atoms with E-state index < -0.39 is 0 Å². The normalized spacial score (nSPS) is 14.3. The molecule has 3 N–H and O–H groups in total. The smallest absolute Gasteiger partial charge is 0.116 e. The number of hydrogen-bond acceptors (Lipinski definition) is 4. The first-order chi connectivity index (χ1) is 14.9. The molecular weight excluding hydrogens is 372 g/mol. The standard InChI is InChI=1S/C24H20N6/c1-2-17(12-26-7-1)20-13-27-14-23-18(20)11-22(28-23)24-19-10-16(3-4-21(19)29-30-24)15-5-8-25-9-6-15/h1-5,7,10-14,25,28H,6,8-9H2,(H,29,30). The van der Waals surface area contributed by atoms with Crippen molar-refractivity contribution < 1.29 is 0 Å². The number of nitrogens with zero attached hydrogens (tertiary/aromatic N) is 3. The van der Waals surface area contributed by atoms with E-state index in [9.17, 15) is 0 Å². The second kappa shape index (κ2) is 6.93. The summed E-state index contributed by atoms with van der Waals surface area (Å²) in [6.45, 7) is 1.95. The molecule has 0 fully saturated rings. The van der Waals surface area contributed by atoms with E-state index in [-0.39, 0.29) is 0 Å². The molecule has 5 heterocycles. The summed E-state index contributed by atoms with van der Waals surface area (Å²) in [4.78, 5) is 12.2. The van der Waals surface area contributed by atoms with Gasteiger partial charge in [-0.25, -0.2) is 0 Å². The van der Waals surface area contributed by atoms with Crippen LogP contribution in [0.15, 0.2) is 67.3 Å². The van der Waals surface area contributed by atoms with Gasteiger partial charge in [-0.3, -0.25) is 15.1 Å². The molecule has 6 nitrogen and oxygen atoms in total. The van der Waals surface area contributed by atoms with Gasteiger partial charge >= 0.3 is 0 Å². The van der Waals surface area contributed by atoms with E-state index in [4.69, 9.17) is 0 Å². The Hall–Kier alpha value is -3.77. The molecule has 0 radical (unpaired) electrons. The van der Waals surface area contributed by atoms with Crippen LogP contribution in [-0.2, 0) is 0 Å². The summed E-state index contributed by atoms with van der Waals surface area (Å²) in [5, 5.41) is 13.4. The average molecular weight is 392 g/mol. The van der Waals surface area contributed by atoms with E-state index in [1.54, 1.807) is 6.20 Å². The van der Waals surface area contributed by atoms with E-state index >= 15 is 0 Å². The molecule has 0 saturated carbocycles. The number of aromatic nitrogens is 5. The summed E-state index contributed by atoms with van der Waals surface area (Å²) in [5.41, 5.74) is 8.69. The van der Waals surface area contributed by atoms with Gasteiger partial charge < -0.3 is 10.3 Å². The van der Waals surface area contributed by atoms with Gasteiger partial charge in [0, 0.05) is 47.0 Å². The minimum Gasteiger partial charge on any atom is -0.352 e. The maximum atomic E-state index is 4.63. The summed E-state index contributed by atoms with van der Waals surface area (Å²) in [6, 6.07) is 12.7. The van der Waals surface area contributed by atoms with Gasteiger partial charge in [0.05, 0.1) is 22.9 Å². The fourth-order valence-electron chi connectivity index (χ4n) is 4.23. The third-order valence-corrected chi connectivity index (χ3v) is 5.77. The lowest BCUT2D eigenvalue weighted by atomic mass is 9.98. The van der Waals surface area contributed by atoms with Crippen LogP contribution in [0.3, 0.4) is 0 Å². The van der Waals surface area contributed by atoms with Crippen LogP contribution in [-0.4, -0.2) is 38.2 Å². The SMILES string of the molecule is C1=C(c2ccc3[nH]nc(-c4cc5c(-c6cccnc6)cncc5[nH]4)c3c2)CCNC1. The minimum absolute atomic E-state index is 0.926. The van der Waals surface area contributed by atoms with Crippen LogP contribution in [0.5, 0.6) is 0 Å². The molecule has 6 heteroatoms. The third kappa shape index (κ3) is 2.81. The lowest BCUT2D eigenvalue weighted by molar-refractivity contribution is 0.739. The number of H-pyrrole nitrogens is 2. The second-order valence-electron chi connectivity index (χ2n) is 7.59. The van der Waals surface area contributed by atoms with Gasteiger partial charge in [-0.05, 0) is 48.4 Å². The molecule has 0 aliphatic carbocycles. The largest absolute Gasteiger partial charge is 0.352 e. The Morgan fingerprint density at radius 2 is 1.87 bits per heavy atom. The third-order valence-electron chi connectivity index (χ3n) is 5.77. The van der Waals surface area contributed by atoms with Gasteiger partial charge in [-0.2, -0.15) is 5.10 Å². The molecule has 4 aromatic heterocycles. The quantitative estimate of drug-likeness (QED) is 0.421. The first-order valence-corrected chi connectivity index (χ1v) is 10.1. The summed E-state index contributed by atoms with van der Waals surface area (Å²) < 4.78 is 0. The Bertz CT molecular complexity index is 1390. The van der Waals surface area contributed by atoms with Crippen molar-refractivity contribution in [2.45, 2.75) is 6.42 Å². The van der Waals surface area contributed by atoms with E-state index in [0.717, 1.165) is 63.8 Å². The van der Waals surface area contributed by atoms with Crippen LogP contribution >= 0.6 is 0 Å². The zero-order valence-corrected chi connectivity index (χ0v) is 16.3. The molecular formula is C24H20N6. The second-order valence-corrected chi connectivity index (χ2v) is 7.59. The number of benzene rings is 1. The van der Waals surface area contributed by atoms with Crippen LogP contribution in [0.4, 0.5) is 0 Å². The summed E-state index contributed by atoms with van der Waals surface area (Å²) >= 11 is 0. The Morgan fingerprint density at radius 1 is 0.867 bits per heavy atom. The number of pyridine rings is 2. The van der Waals surface area contributed by atoms with E-state index in [0.29, 0.717) is 0 Å². The minimum atomic E-state index is 0.926. The molecule has 146 valence electrons. The van der Waals surface area contributed by atoms with E-state index in [1.807, 2.05) is 24.7 Å². The van der Waals surface area contributed by atoms with E-state index in [1.165, 1.54) is 11.1 Å². The van der Waals surface area contributed by atoms with Crippen LogP contribution < -0.4 is 5.32 Å². The predicted molar refractivity (Wildman–Crippen MR) is 120 cm³/mol. The molecule has 0 atom stereocenters. The fourth-order valence-corrected chi connectivity index (χ4v) is 4.23. The van der Waals surface area contributed by atoms with Crippen LogP contribution in [0.1, 0.15) is 12.0 Å². The van der Waals surface area contributed by atoms with Crippen LogP contribution in [0.2, 0.25) is 0 Å². The average Bonchev–Trinajstić information content (AvgIpc) is 3.43. The van der Waals surface area contributed by atoms with Crippen molar-refractivity contribution in [1.82, 2.24) is 30.5 Å². The van der Waals surface area contributed by atoms with Gasteiger partial charge in [0.2, 0.25) is 0 Å². The number of nitrogens with one attached hydrogen (secondary N) is 3. The zero-order valence-electron chi connectivity index (χ0n) is 16.3. The zero-order chi connectivity index (χ0) is 19.9. The maximum absolute atomic E-state index is 4.63. The van der Waals surface area contributed by atoms with E-state index in [2.05, 4.69) is 66.9 Å². The lowest BCUT2D eigenvalue weighted by Gasteiger charge is -2.14. The number of fused-ring (bicyclic) bond motifs is 2. The monoisotopic (exact) mass is 392 g/mol. The Labute approximate surface area is 173 Å². The highest BCUT2D eigenvalue weighted by Gasteiger charge is 2.15. The Morgan fingerprint density at radius 3 is 2.73 bits per heavy atom. The fraction of sp³-hybridized carbons (Fsp3) is 0.125. The molecule has 0 unspecified atom stereocenters. The maximum Gasteiger partial charge on any atom is 0.116 e. The summed E-state index contributed by atoms with van der Waals surface area (Å²) in [7, 11) is 0. The first-order valence-electron chi connectivity index (χ1n) is 10.1. The van der Waals surface area contributed by atoms with Crippen LogP contribution in [0.25, 0.3) is 49.9 Å². The number of aromatic amines is 2. The van der Waals surface area contributed by atoms with Crippen molar-refractivity contribution in [2.75, 3.05) is 13.1 Å². The molecule has 5 aromatic rings. The highest BCUT2D eigenvalue weighted by atomic mass is 15.1. The molecule has 1 aliphatic rings. The number of rotatable bonds is 3. The first kappa shape index (κ1) is 17.1. The molecule has 0 amide bonds. The van der Waals surface area contributed by atoms with Crippen molar-refractivity contribution in [3.8, 4) is 22.5 Å². The van der Waals surface area contributed by atoms with Crippen molar-refractivity contribution in [3.05, 3.63) is 72.8 Å². The summed E-state index contributed by atoms with van der Waals surface area (Å²) in [5.74, 6) is 0. The topological polar surface area (TPSA) is 82.3 Å². The van der Waals surface area contributed by atoms with Crippen molar-refractivity contribution in [2.24, 2.45) is 0 Å². The molecule has 1 aromatic carbocycles. The molecule has 0 saturated heterocycles. The lowest BCUT2D eigenvalue weighted by Crippen LogP contribution is -2.19. The summed E-state index contributed by atoms with van der Waals surface area (Å²) in [6.07, 6.45) is 10.7. The Kier molecular flexibility index (Phi) is 3.95. The molecule has 1 aliphatic heterocycles. The van der Waals surface area contributed by atoms with Gasteiger partial charge in [-0.1, -0.05) is 18.2 Å². The number of hydrogen-bond donors (Lipinski definition) is 3. The van der Waals surface area contributed by atoms with Crippen molar-refractivity contribution >= 4 is 27.4 Å². The highest BCUT2D eigenvalue weighted by Crippen LogP contribution is 2.34. The van der Waals surface area contributed by atoms with Gasteiger partial charge in [0.25, 0.3) is 0 Å². The van der Waals surface area contributed by atoms with Crippen molar-refractivity contribution in [1.29, 1.82) is 0 Å². The van der Waals surface area contributed by atoms with Crippen LogP contribution in [0, 0.1) is 0 Å². The van der Waals surface area contributed by atoms with Gasteiger partial charge in [0.1, 0.15) is 5.69 Å². The van der Waals surface area contributed by atoms with Gasteiger partial charge in [-0.15, -0.1) is 0 Å². The molecule has 0 bridgehead atoms. The Balaban J connectivity index is 1.50. The van der Waals surface area contributed by atoms with Crippen molar-refractivity contribution in [3.63, 3.8) is 0 Å². The highest BCUT2D eigenvalue weighted by molar-refractivity contribution is 6.01. The molecule has 6 rings (SSSR count). The molecule has 0 spiro atoms. The van der Waals surface area contributed by atoms with Gasteiger partial charge in [0.15, 0.2) is 0 Å².